The lowest BCUT2D eigenvalue weighted by Crippen LogP contribution is -2.44. The van der Waals surface area contributed by atoms with Crippen LogP contribution in [0.5, 0.6) is 0 Å². The van der Waals surface area contributed by atoms with Gasteiger partial charge < -0.3 is 10.6 Å². The Kier molecular flexibility index (Phi) is 10.8. The van der Waals surface area contributed by atoms with Gasteiger partial charge >= 0.3 is 0 Å². The monoisotopic (exact) mass is 462 g/mol. The molecule has 0 amide bonds. The van der Waals surface area contributed by atoms with Gasteiger partial charge in [-0.15, -0.1) is 24.8 Å². The molecular weight excluding hydrogens is 438 g/mol. The van der Waals surface area contributed by atoms with Crippen LogP contribution in [-0.4, -0.2) is 36.4 Å². The SMILES string of the molecule is Cl.Cl.NC(Cc1ccc(Cl)cc1Cl)CN1CCC(C(=O)c2ccccc2)CC1. The predicted octanol–water partition coefficient (Wildman–Crippen LogP) is 5.30. The number of hydrogen-bond acceptors (Lipinski definition) is 3. The maximum absolute atomic E-state index is 12.6. The zero-order chi connectivity index (χ0) is 18.5. The molecule has 154 valence electrons. The summed E-state index contributed by atoms with van der Waals surface area (Å²) < 4.78 is 0. The van der Waals surface area contributed by atoms with Gasteiger partial charge in [-0.1, -0.05) is 59.6 Å². The average Bonchev–Trinajstić information content (AvgIpc) is 2.65. The van der Waals surface area contributed by atoms with Crippen LogP contribution < -0.4 is 5.73 Å². The fourth-order valence-corrected chi connectivity index (χ4v) is 4.07. The molecule has 0 aromatic heterocycles. The van der Waals surface area contributed by atoms with E-state index in [1.54, 1.807) is 6.07 Å². The first kappa shape index (κ1) is 25.2. The Bertz CT molecular complexity index is 749. The van der Waals surface area contributed by atoms with E-state index in [2.05, 4.69) is 4.90 Å². The molecule has 1 aliphatic heterocycles. The first-order valence-corrected chi connectivity index (χ1v) is 9.79. The van der Waals surface area contributed by atoms with Crippen LogP contribution in [0.2, 0.25) is 10.0 Å². The molecule has 2 aromatic rings. The summed E-state index contributed by atoms with van der Waals surface area (Å²) in [4.78, 5) is 14.9. The molecule has 3 nitrogen and oxygen atoms in total. The lowest BCUT2D eigenvalue weighted by Gasteiger charge is -2.33. The summed E-state index contributed by atoms with van der Waals surface area (Å²) in [6.07, 6.45) is 2.50. The van der Waals surface area contributed by atoms with Gasteiger partial charge in [0.2, 0.25) is 0 Å². The Morgan fingerprint density at radius 2 is 1.71 bits per heavy atom. The maximum atomic E-state index is 12.6. The van der Waals surface area contributed by atoms with Gasteiger partial charge in [-0.2, -0.15) is 0 Å². The maximum Gasteiger partial charge on any atom is 0.166 e. The zero-order valence-electron chi connectivity index (χ0n) is 15.5. The van der Waals surface area contributed by atoms with E-state index in [1.165, 1.54) is 0 Å². The van der Waals surface area contributed by atoms with Crippen LogP contribution in [-0.2, 0) is 6.42 Å². The highest BCUT2D eigenvalue weighted by Crippen LogP contribution is 2.24. The highest BCUT2D eigenvalue weighted by atomic mass is 35.5. The van der Waals surface area contributed by atoms with Crippen LogP contribution in [0.1, 0.15) is 28.8 Å². The molecule has 0 bridgehead atoms. The molecule has 0 radical (unpaired) electrons. The number of Topliss-reactive ketones (excluding diaryl/α,β-unsaturated/α-hetero) is 1. The first-order valence-electron chi connectivity index (χ1n) is 9.04. The third-order valence-corrected chi connectivity index (χ3v) is 5.59. The van der Waals surface area contributed by atoms with Gasteiger partial charge in [-0.05, 0) is 50.0 Å². The van der Waals surface area contributed by atoms with Gasteiger partial charge in [0.25, 0.3) is 0 Å². The third kappa shape index (κ3) is 6.91. The van der Waals surface area contributed by atoms with Gasteiger partial charge in [0.15, 0.2) is 5.78 Å². The van der Waals surface area contributed by atoms with E-state index in [0.29, 0.717) is 10.0 Å². The molecule has 1 aliphatic rings. The smallest absolute Gasteiger partial charge is 0.166 e. The number of nitrogens with two attached hydrogens (primary N) is 1. The van der Waals surface area contributed by atoms with E-state index in [-0.39, 0.29) is 42.6 Å². The number of ketones is 1. The number of likely N-dealkylation sites (tertiary alicyclic amines) is 1. The molecule has 2 aromatic carbocycles. The minimum Gasteiger partial charge on any atom is -0.326 e. The topological polar surface area (TPSA) is 46.3 Å². The van der Waals surface area contributed by atoms with E-state index >= 15 is 0 Å². The van der Waals surface area contributed by atoms with E-state index in [1.807, 2.05) is 42.5 Å². The molecule has 1 saturated heterocycles. The quantitative estimate of drug-likeness (QED) is 0.591. The van der Waals surface area contributed by atoms with Crippen molar-refractivity contribution in [3.8, 4) is 0 Å². The Labute approximate surface area is 189 Å². The molecule has 1 heterocycles. The van der Waals surface area contributed by atoms with Crippen molar-refractivity contribution in [1.29, 1.82) is 0 Å². The van der Waals surface area contributed by atoms with Crippen LogP contribution in [0.3, 0.4) is 0 Å². The summed E-state index contributed by atoms with van der Waals surface area (Å²) in [5.41, 5.74) is 8.17. The third-order valence-electron chi connectivity index (χ3n) is 5.01. The second kappa shape index (κ2) is 12.0. The fourth-order valence-electron chi connectivity index (χ4n) is 3.58. The van der Waals surface area contributed by atoms with Crippen molar-refractivity contribution in [2.75, 3.05) is 19.6 Å². The fraction of sp³-hybridized carbons (Fsp3) is 0.381. The normalized spacial score (nSPS) is 16.0. The van der Waals surface area contributed by atoms with Gasteiger partial charge in [-0.25, -0.2) is 0 Å². The highest BCUT2D eigenvalue weighted by Gasteiger charge is 2.26. The molecule has 1 unspecified atom stereocenters. The minimum absolute atomic E-state index is 0. The van der Waals surface area contributed by atoms with Crippen molar-refractivity contribution in [3.63, 3.8) is 0 Å². The summed E-state index contributed by atoms with van der Waals surface area (Å²) >= 11 is 12.2. The van der Waals surface area contributed by atoms with Crippen LogP contribution >= 0.6 is 48.0 Å². The molecule has 3 rings (SSSR count). The number of halogens is 4. The molecule has 1 atom stereocenters. The van der Waals surface area contributed by atoms with E-state index in [4.69, 9.17) is 28.9 Å². The van der Waals surface area contributed by atoms with Crippen molar-refractivity contribution < 1.29 is 4.79 Å². The van der Waals surface area contributed by atoms with Gasteiger partial charge in [-0.3, -0.25) is 4.79 Å². The van der Waals surface area contributed by atoms with Gasteiger partial charge in [0.1, 0.15) is 0 Å². The summed E-state index contributed by atoms with van der Waals surface area (Å²) in [5.74, 6) is 0.387. The number of rotatable bonds is 6. The lowest BCUT2D eigenvalue weighted by atomic mass is 9.88. The minimum atomic E-state index is 0. The summed E-state index contributed by atoms with van der Waals surface area (Å²) in [6, 6.07) is 15.1. The van der Waals surface area contributed by atoms with Crippen molar-refractivity contribution in [2.24, 2.45) is 11.7 Å². The summed E-state index contributed by atoms with van der Waals surface area (Å²) in [5, 5.41) is 1.30. The number of carbonyl (C=O) groups excluding carboxylic acids is 1. The van der Waals surface area contributed by atoms with E-state index < -0.39 is 0 Å². The predicted molar refractivity (Wildman–Crippen MR) is 123 cm³/mol. The number of benzene rings is 2. The van der Waals surface area contributed by atoms with Crippen molar-refractivity contribution in [1.82, 2.24) is 4.90 Å². The van der Waals surface area contributed by atoms with Crippen LogP contribution in [0.4, 0.5) is 0 Å². The standard InChI is InChI=1S/C21H24Cl2N2O.2ClH/c22-18-7-6-17(20(23)13-18)12-19(24)14-25-10-8-16(9-11-25)21(26)15-4-2-1-3-5-15;;/h1-7,13,16,19H,8-12,14,24H2;2*1H. The van der Waals surface area contributed by atoms with Crippen molar-refractivity contribution in [2.45, 2.75) is 25.3 Å². The number of hydrogen-bond donors (Lipinski definition) is 1. The Hall–Kier alpha value is -0.810. The molecule has 0 aliphatic carbocycles. The Morgan fingerprint density at radius 3 is 2.32 bits per heavy atom. The van der Waals surface area contributed by atoms with Crippen LogP contribution in [0.15, 0.2) is 48.5 Å². The summed E-state index contributed by atoms with van der Waals surface area (Å²) in [6.45, 7) is 2.63. The molecule has 2 N–H and O–H groups in total. The first-order chi connectivity index (χ1) is 12.5. The second-order valence-electron chi connectivity index (χ2n) is 7.01. The van der Waals surface area contributed by atoms with Crippen LogP contribution in [0.25, 0.3) is 0 Å². The zero-order valence-corrected chi connectivity index (χ0v) is 18.7. The summed E-state index contributed by atoms with van der Waals surface area (Å²) in [7, 11) is 0. The number of piperidine rings is 1. The lowest BCUT2D eigenvalue weighted by molar-refractivity contribution is 0.0836. The molecule has 7 heteroatoms. The number of nitrogens with zero attached hydrogens (tertiary/aromatic N) is 1. The molecular formula is C21H26Cl4N2O. The second-order valence-corrected chi connectivity index (χ2v) is 7.85. The van der Waals surface area contributed by atoms with E-state index in [9.17, 15) is 4.79 Å². The Morgan fingerprint density at radius 1 is 1.07 bits per heavy atom. The Balaban J connectivity index is 0.00000196. The van der Waals surface area contributed by atoms with Crippen molar-refractivity contribution >= 4 is 53.8 Å². The molecule has 28 heavy (non-hydrogen) atoms. The largest absolute Gasteiger partial charge is 0.326 e. The van der Waals surface area contributed by atoms with E-state index in [0.717, 1.165) is 50.0 Å². The van der Waals surface area contributed by atoms with Gasteiger partial charge in [0, 0.05) is 34.1 Å². The van der Waals surface area contributed by atoms with Crippen molar-refractivity contribution in [3.05, 3.63) is 69.7 Å². The molecule has 0 saturated carbocycles. The molecule has 0 spiro atoms. The number of carbonyl (C=O) groups is 1. The van der Waals surface area contributed by atoms with Gasteiger partial charge in [0.05, 0.1) is 0 Å². The van der Waals surface area contributed by atoms with Crippen LogP contribution in [0, 0.1) is 5.92 Å². The highest BCUT2D eigenvalue weighted by molar-refractivity contribution is 6.35. The molecule has 1 fully saturated rings. The average molecular weight is 464 g/mol.